The van der Waals surface area contributed by atoms with Crippen molar-refractivity contribution < 1.29 is 4.42 Å². The summed E-state index contributed by atoms with van der Waals surface area (Å²) < 4.78 is 6.83. The average Bonchev–Trinajstić information content (AvgIpc) is 3.84. The van der Waals surface area contributed by atoms with Crippen LogP contribution in [0.3, 0.4) is 0 Å². The fraction of sp³-hybridized carbons (Fsp3) is 0.129. The van der Waals surface area contributed by atoms with Gasteiger partial charge in [-0.05, 0) is 119 Å². The Morgan fingerprint density at radius 2 is 0.969 bits per heavy atom. The highest BCUT2D eigenvalue weighted by Gasteiger charge is 2.39. The van der Waals surface area contributed by atoms with Crippen LogP contribution in [0.25, 0.3) is 98.8 Å². The summed E-state index contributed by atoms with van der Waals surface area (Å²) in [6.45, 7) is 4.82. The minimum Gasteiger partial charge on any atom is -0.455 e. The standard InChI is InChI=1S/C62H48OSi/c1-62(2)56-39-42(30-33-47(56)53-34-29-40-17-7-8-20-46(40)60(53)62)58-49-22-9-11-24-51(49)59(52-25-12-10-23-50(52)58)43-37-54(61-55(38-43)48-21-13-14-26-57(48)63-61)41-27-31-45(32-28-41)64(35-15-4-16-36-64)44-18-5-3-6-19-44/h3,5-14,17-34,37-39H,4,15-16,35-36H2,1-2H3. The Bertz CT molecular complexity index is 3600. The van der Waals surface area contributed by atoms with E-state index in [-0.39, 0.29) is 5.41 Å². The van der Waals surface area contributed by atoms with Gasteiger partial charge >= 0.3 is 0 Å². The lowest BCUT2D eigenvalue weighted by Crippen LogP contribution is -2.58. The van der Waals surface area contributed by atoms with E-state index >= 15 is 0 Å². The number of para-hydroxylation sites is 1. The maximum Gasteiger partial charge on any atom is 0.143 e. The highest BCUT2D eigenvalue weighted by Crippen LogP contribution is 2.54. The molecule has 10 aromatic carbocycles. The van der Waals surface area contributed by atoms with Gasteiger partial charge in [0.2, 0.25) is 0 Å². The van der Waals surface area contributed by atoms with Gasteiger partial charge < -0.3 is 4.42 Å². The predicted octanol–water partition coefficient (Wildman–Crippen LogP) is 16.1. The molecule has 1 aliphatic heterocycles. The van der Waals surface area contributed by atoms with Crippen LogP contribution >= 0.6 is 0 Å². The maximum atomic E-state index is 6.83. The van der Waals surface area contributed by atoms with E-state index in [1.165, 1.54) is 114 Å². The van der Waals surface area contributed by atoms with Crippen LogP contribution in [0, 0.1) is 0 Å². The lowest BCUT2D eigenvalue weighted by atomic mass is 9.79. The zero-order chi connectivity index (χ0) is 42.6. The van der Waals surface area contributed by atoms with Crippen molar-refractivity contribution in [1.82, 2.24) is 0 Å². The van der Waals surface area contributed by atoms with Gasteiger partial charge in [-0.15, -0.1) is 0 Å². The Morgan fingerprint density at radius 3 is 1.67 bits per heavy atom. The number of benzene rings is 10. The van der Waals surface area contributed by atoms with Crippen molar-refractivity contribution in [3.05, 3.63) is 205 Å². The quantitative estimate of drug-likeness (QED) is 0.124. The van der Waals surface area contributed by atoms with Crippen LogP contribution in [0.1, 0.15) is 44.2 Å². The van der Waals surface area contributed by atoms with Gasteiger partial charge in [-0.2, -0.15) is 0 Å². The maximum absolute atomic E-state index is 6.83. The molecule has 13 rings (SSSR count). The highest BCUT2D eigenvalue weighted by molar-refractivity contribution is 7.02. The average molecular weight is 837 g/mol. The first kappa shape index (κ1) is 37.5. The van der Waals surface area contributed by atoms with Crippen molar-refractivity contribution in [1.29, 1.82) is 0 Å². The van der Waals surface area contributed by atoms with Crippen molar-refractivity contribution in [3.8, 4) is 44.5 Å². The number of rotatable bonds is 5. The molecule has 0 saturated carbocycles. The summed E-state index contributed by atoms with van der Waals surface area (Å²) in [5.74, 6) is 0. The van der Waals surface area contributed by atoms with E-state index in [2.05, 4.69) is 208 Å². The molecule has 2 heterocycles. The predicted molar refractivity (Wildman–Crippen MR) is 275 cm³/mol. The molecule has 2 aliphatic rings. The SMILES string of the molecule is CC1(C)c2cc(-c3c4ccccc4c(-c4cc(-c5ccc([Si]6(c7ccccc7)CCCCC6)cc5)c5oc6ccccc6c5c4)c4ccccc34)ccc2-c2ccc3ccccc3c21. The molecule has 2 heteroatoms. The Kier molecular flexibility index (Phi) is 8.36. The molecular formula is C62H48OSi. The third kappa shape index (κ3) is 5.48. The highest BCUT2D eigenvalue weighted by atomic mass is 28.3. The lowest BCUT2D eigenvalue weighted by molar-refractivity contribution is 0.666. The van der Waals surface area contributed by atoms with E-state index in [0.29, 0.717) is 0 Å². The molecule has 64 heavy (non-hydrogen) atoms. The first-order valence-electron chi connectivity index (χ1n) is 23.2. The summed E-state index contributed by atoms with van der Waals surface area (Å²) in [6, 6.07) is 76.1. The van der Waals surface area contributed by atoms with Crippen LogP contribution in [-0.2, 0) is 5.41 Å². The van der Waals surface area contributed by atoms with Crippen LogP contribution in [0.15, 0.2) is 199 Å². The molecule has 0 bridgehead atoms. The second kappa shape index (κ2) is 14.3. The summed E-state index contributed by atoms with van der Waals surface area (Å²) in [7, 11) is -1.86. The van der Waals surface area contributed by atoms with E-state index in [9.17, 15) is 0 Å². The van der Waals surface area contributed by atoms with Crippen LogP contribution in [0.2, 0.25) is 12.1 Å². The Labute approximate surface area is 375 Å². The van der Waals surface area contributed by atoms with Gasteiger partial charge in [0.25, 0.3) is 0 Å². The Morgan fingerprint density at radius 1 is 0.406 bits per heavy atom. The Hall–Kier alpha value is -7.00. The molecular weight excluding hydrogens is 789 g/mol. The zero-order valence-corrected chi connectivity index (χ0v) is 37.4. The van der Waals surface area contributed by atoms with Gasteiger partial charge in [0.05, 0.1) is 0 Å². The van der Waals surface area contributed by atoms with Gasteiger partial charge in [0.15, 0.2) is 0 Å². The van der Waals surface area contributed by atoms with Crippen LogP contribution in [0.5, 0.6) is 0 Å². The number of furan rings is 1. The molecule has 0 amide bonds. The number of hydrogen-bond donors (Lipinski definition) is 0. The topological polar surface area (TPSA) is 13.1 Å². The molecule has 1 aliphatic carbocycles. The second-order valence-electron chi connectivity index (χ2n) is 19.0. The van der Waals surface area contributed by atoms with Crippen molar-refractivity contribution in [2.75, 3.05) is 0 Å². The summed E-state index contributed by atoms with van der Waals surface area (Å²) in [5, 5.41) is 13.1. The van der Waals surface area contributed by atoms with Gasteiger partial charge in [-0.3, -0.25) is 0 Å². The van der Waals surface area contributed by atoms with Gasteiger partial charge in [-0.1, -0.05) is 213 Å². The first-order chi connectivity index (χ1) is 31.5. The smallest absolute Gasteiger partial charge is 0.143 e. The summed E-state index contributed by atoms with van der Waals surface area (Å²) in [5.41, 5.74) is 14.6. The van der Waals surface area contributed by atoms with Crippen molar-refractivity contribution in [3.63, 3.8) is 0 Å². The molecule has 306 valence electrons. The third-order valence-electron chi connectivity index (χ3n) is 15.3. The van der Waals surface area contributed by atoms with Crippen molar-refractivity contribution >= 4 is 72.7 Å². The molecule has 0 N–H and O–H groups in total. The van der Waals surface area contributed by atoms with E-state index in [1.807, 2.05) is 0 Å². The fourth-order valence-electron chi connectivity index (χ4n) is 12.3. The van der Waals surface area contributed by atoms with Crippen LogP contribution in [-0.4, -0.2) is 8.07 Å². The second-order valence-corrected chi connectivity index (χ2v) is 23.3. The summed E-state index contributed by atoms with van der Waals surface area (Å²) >= 11 is 0. The van der Waals surface area contributed by atoms with E-state index in [0.717, 1.165) is 27.5 Å². The largest absolute Gasteiger partial charge is 0.455 e. The van der Waals surface area contributed by atoms with E-state index in [1.54, 1.807) is 10.4 Å². The molecule has 0 radical (unpaired) electrons. The molecule has 1 aromatic heterocycles. The van der Waals surface area contributed by atoms with Gasteiger partial charge in [-0.25, -0.2) is 0 Å². The van der Waals surface area contributed by atoms with Crippen LogP contribution < -0.4 is 10.4 Å². The number of fused-ring (bicyclic) bond motifs is 10. The summed E-state index contributed by atoms with van der Waals surface area (Å²) in [6.07, 6.45) is 3.99. The van der Waals surface area contributed by atoms with Crippen LogP contribution in [0.4, 0.5) is 0 Å². The van der Waals surface area contributed by atoms with E-state index in [4.69, 9.17) is 4.42 Å². The third-order valence-corrected chi connectivity index (χ3v) is 20.6. The number of hydrogen-bond acceptors (Lipinski definition) is 1. The molecule has 1 fully saturated rings. The first-order valence-corrected chi connectivity index (χ1v) is 25.6. The lowest BCUT2D eigenvalue weighted by Gasteiger charge is -2.36. The molecule has 0 unspecified atom stereocenters. The molecule has 11 aromatic rings. The summed E-state index contributed by atoms with van der Waals surface area (Å²) in [4.78, 5) is 0. The Balaban J connectivity index is 1.01. The zero-order valence-electron chi connectivity index (χ0n) is 36.4. The van der Waals surface area contributed by atoms with Crippen molar-refractivity contribution in [2.45, 2.75) is 50.6 Å². The molecule has 0 spiro atoms. The van der Waals surface area contributed by atoms with Crippen molar-refractivity contribution in [2.24, 2.45) is 0 Å². The van der Waals surface area contributed by atoms with Gasteiger partial charge in [0, 0.05) is 21.8 Å². The molecule has 1 saturated heterocycles. The fourth-order valence-corrected chi connectivity index (χ4v) is 17.4. The van der Waals surface area contributed by atoms with E-state index < -0.39 is 8.07 Å². The molecule has 1 nitrogen and oxygen atoms in total. The minimum absolute atomic E-state index is 0.148. The normalized spacial score (nSPS) is 15.3. The monoisotopic (exact) mass is 836 g/mol. The van der Waals surface area contributed by atoms with Gasteiger partial charge in [0.1, 0.15) is 19.2 Å². The molecule has 0 atom stereocenters. The minimum atomic E-state index is -1.86.